The molecule has 27 heavy (non-hydrogen) atoms. The molecule has 0 radical (unpaired) electrons. The van der Waals surface area contributed by atoms with Gasteiger partial charge in [0.25, 0.3) is 5.91 Å². The average molecular weight is 370 g/mol. The molecular formula is C21H31N5O. The molecule has 1 amide bonds. The van der Waals surface area contributed by atoms with Crippen LogP contribution in [0.2, 0.25) is 0 Å². The van der Waals surface area contributed by atoms with Crippen molar-refractivity contribution in [3.8, 4) is 0 Å². The summed E-state index contributed by atoms with van der Waals surface area (Å²) in [7, 11) is 0. The summed E-state index contributed by atoms with van der Waals surface area (Å²) < 4.78 is 0. The number of carbonyl (C=O) groups excluding carboxylic acids is 1. The van der Waals surface area contributed by atoms with Gasteiger partial charge in [-0.15, -0.1) is 0 Å². The lowest BCUT2D eigenvalue weighted by molar-refractivity contribution is 0.102. The van der Waals surface area contributed by atoms with Crippen LogP contribution in [-0.2, 0) is 0 Å². The molecule has 2 rings (SSSR count). The topological polar surface area (TPSA) is 70.2 Å². The van der Waals surface area contributed by atoms with E-state index in [1.165, 1.54) is 0 Å². The van der Waals surface area contributed by atoms with E-state index in [-0.39, 0.29) is 11.4 Å². The van der Waals surface area contributed by atoms with Gasteiger partial charge < -0.3 is 15.5 Å². The molecule has 146 valence electrons. The molecule has 6 nitrogen and oxygen atoms in total. The fraction of sp³-hybridized carbons (Fsp3) is 0.476. The molecule has 0 fully saturated rings. The molecular weight excluding hydrogens is 338 g/mol. The van der Waals surface area contributed by atoms with Gasteiger partial charge in [-0.1, -0.05) is 0 Å². The van der Waals surface area contributed by atoms with Crippen molar-refractivity contribution in [2.24, 2.45) is 0 Å². The highest BCUT2D eigenvalue weighted by molar-refractivity contribution is 6.03. The van der Waals surface area contributed by atoms with Crippen LogP contribution < -0.4 is 15.5 Å². The van der Waals surface area contributed by atoms with Gasteiger partial charge in [0.05, 0.1) is 0 Å². The van der Waals surface area contributed by atoms with E-state index in [9.17, 15) is 4.79 Å². The zero-order valence-electron chi connectivity index (χ0n) is 17.5. The van der Waals surface area contributed by atoms with E-state index < -0.39 is 0 Å². The number of anilines is 3. The molecule has 0 atom stereocenters. The van der Waals surface area contributed by atoms with Gasteiger partial charge in [-0.05, 0) is 72.2 Å². The quantitative estimate of drug-likeness (QED) is 0.790. The van der Waals surface area contributed by atoms with E-state index in [1.807, 2.05) is 39.8 Å². The minimum Gasteiger partial charge on any atom is -0.372 e. The molecule has 1 aromatic carbocycles. The smallest absolute Gasteiger partial charge is 0.274 e. The summed E-state index contributed by atoms with van der Waals surface area (Å²) in [6.07, 6.45) is 0. The molecule has 0 bridgehead atoms. The summed E-state index contributed by atoms with van der Waals surface area (Å²) in [5.41, 5.74) is 3.17. The molecule has 0 spiro atoms. The largest absolute Gasteiger partial charge is 0.372 e. The molecule has 2 N–H and O–H groups in total. The van der Waals surface area contributed by atoms with Crippen molar-refractivity contribution in [3.63, 3.8) is 0 Å². The Morgan fingerprint density at radius 3 is 2.30 bits per heavy atom. The second-order valence-corrected chi connectivity index (χ2v) is 7.69. The molecule has 0 saturated heterocycles. The van der Waals surface area contributed by atoms with Crippen LogP contribution in [0.4, 0.5) is 17.2 Å². The Bertz CT molecular complexity index is 807. The number of rotatable bonds is 6. The zero-order valence-corrected chi connectivity index (χ0v) is 17.5. The van der Waals surface area contributed by atoms with Crippen molar-refractivity contribution in [2.45, 2.75) is 54.0 Å². The monoisotopic (exact) mass is 369 g/mol. The minimum atomic E-state index is -0.240. The van der Waals surface area contributed by atoms with Crippen molar-refractivity contribution >= 4 is 23.1 Å². The predicted octanol–water partition coefficient (Wildman–Crippen LogP) is 4.40. The lowest BCUT2D eigenvalue weighted by atomic mass is 10.1. The summed E-state index contributed by atoms with van der Waals surface area (Å²) in [5, 5.41) is 6.26. The molecule has 0 aliphatic heterocycles. The fourth-order valence-corrected chi connectivity index (χ4v) is 2.89. The maximum Gasteiger partial charge on any atom is 0.274 e. The molecule has 0 saturated carbocycles. The first kappa shape index (κ1) is 20.7. The summed E-state index contributed by atoms with van der Waals surface area (Å²) in [5.74, 6) is 0.966. The fourth-order valence-electron chi connectivity index (χ4n) is 2.89. The molecule has 0 aliphatic carbocycles. The number of amides is 1. The zero-order chi connectivity index (χ0) is 20.2. The van der Waals surface area contributed by atoms with E-state index in [0.717, 1.165) is 30.0 Å². The van der Waals surface area contributed by atoms with Crippen LogP contribution in [-0.4, -0.2) is 34.5 Å². The number of hydrogen-bond acceptors (Lipinski definition) is 5. The summed E-state index contributed by atoms with van der Waals surface area (Å²) >= 11 is 0. The lowest BCUT2D eigenvalue weighted by Crippen LogP contribution is -2.27. The van der Waals surface area contributed by atoms with E-state index in [2.05, 4.69) is 45.4 Å². The van der Waals surface area contributed by atoms with Gasteiger partial charge in [0.1, 0.15) is 17.3 Å². The Balaban J connectivity index is 2.22. The van der Waals surface area contributed by atoms with Crippen molar-refractivity contribution in [1.82, 2.24) is 9.97 Å². The third-order valence-electron chi connectivity index (χ3n) is 4.16. The normalized spacial score (nSPS) is 11.2. The summed E-state index contributed by atoms with van der Waals surface area (Å²) in [6.45, 7) is 16.1. The Morgan fingerprint density at radius 2 is 1.74 bits per heavy atom. The van der Waals surface area contributed by atoms with Gasteiger partial charge in [0.2, 0.25) is 0 Å². The van der Waals surface area contributed by atoms with E-state index >= 15 is 0 Å². The number of nitrogens with zero attached hydrogens (tertiary/aromatic N) is 3. The Hall–Kier alpha value is -2.63. The van der Waals surface area contributed by atoms with Crippen LogP contribution in [0.5, 0.6) is 0 Å². The third-order valence-corrected chi connectivity index (χ3v) is 4.16. The van der Waals surface area contributed by atoms with Crippen molar-refractivity contribution in [1.29, 1.82) is 0 Å². The first-order valence-electron chi connectivity index (χ1n) is 9.43. The summed E-state index contributed by atoms with van der Waals surface area (Å²) in [6, 6.07) is 7.77. The Labute approximate surface area is 162 Å². The second-order valence-electron chi connectivity index (χ2n) is 7.69. The van der Waals surface area contributed by atoms with Crippen LogP contribution in [0.3, 0.4) is 0 Å². The lowest BCUT2D eigenvalue weighted by Gasteiger charge is -2.22. The van der Waals surface area contributed by atoms with Gasteiger partial charge in [-0.2, -0.15) is 0 Å². The maximum atomic E-state index is 12.7. The van der Waals surface area contributed by atoms with Crippen LogP contribution in [0.15, 0.2) is 24.3 Å². The molecule has 0 aliphatic rings. The van der Waals surface area contributed by atoms with Crippen molar-refractivity contribution in [3.05, 3.63) is 41.3 Å². The van der Waals surface area contributed by atoms with Crippen molar-refractivity contribution < 1.29 is 4.79 Å². The molecule has 1 aromatic heterocycles. The predicted molar refractivity (Wildman–Crippen MR) is 113 cm³/mol. The molecule has 2 aromatic rings. The van der Waals surface area contributed by atoms with Gasteiger partial charge in [-0.3, -0.25) is 4.79 Å². The first-order chi connectivity index (χ1) is 12.6. The number of nitrogens with one attached hydrogen (secondary N) is 2. The average Bonchev–Trinajstić information content (AvgIpc) is 2.56. The highest BCUT2D eigenvalue weighted by atomic mass is 16.1. The molecule has 0 unspecified atom stereocenters. The standard InChI is InChI=1S/C21H31N5O/c1-8-26(9-2)16-10-11-17(14(3)12-16)24-20(27)18-13-19(23-15(4)22-18)25-21(5,6)7/h10-13H,8-9H2,1-7H3,(H,24,27)(H,22,23,25). The van der Waals surface area contributed by atoms with Crippen LogP contribution in [0, 0.1) is 13.8 Å². The van der Waals surface area contributed by atoms with Crippen molar-refractivity contribution in [2.75, 3.05) is 28.6 Å². The van der Waals surface area contributed by atoms with E-state index in [4.69, 9.17) is 0 Å². The number of hydrogen-bond donors (Lipinski definition) is 2. The highest BCUT2D eigenvalue weighted by Gasteiger charge is 2.16. The minimum absolute atomic E-state index is 0.147. The van der Waals surface area contributed by atoms with Crippen LogP contribution in [0.1, 0.15) is 56.5 Å². The molecule has 6 heteroatoms. The van der Waals surface area contributed by atoms with E-state index in [1.54, 1.807) is 13.0 Å². The number of benzene rings is 1. The van der Waals surface area contributed by atoms with Gasteiger partial charge in [-0.25, -0.2) is 9.97 Å². The van der Waals surface area contributed by atoms with Gasteiger partial charge in [0, 0.05) is 36.1 Å². The number of aryl methyl sites for hydroxylation is 2. The Kier molecular flexibility index (Phi) is 6.41. The molecule has 1 heterocycles. The third kappa shape index (κ3) is 5.67. The second kappa shape index (κ2) is 8.37. The van der Waals surface area contributed by atoms with Crippen LogP contribution in [0.25, 0.3) is 0 Å². The number of carbonyl (C=O) groups is 1. The van der Waals surface area contributed by atoms with E-state index in [0.29, 0.717) is 17.3 Å². The summed E-state index contributed by atoms with van der Waals surface area (Å²) in [4.78, 5) is 23.7. The SMILES string of the molecule is CCN(CC)c1ccc(NC(=O)c2cc(NC(C)(C)C)nc(C)n2)c(C)c1. The number of aromatic nitrogens is 2. The Morgan fingerprint density at radius 1 is 1.07 bits per heavy atom. The first-order valence-corrected chi connectivity index (χ1v) is 9.43. The maximum absolute atomic E-state index is 12.7. The highest BCUT2D eigenvalue weighted by Crippen LogP contribution is 2.23. The van der Waals surface area contributed by atoms with Gasteiger partial charge >= 0.3 is 0 Å². The van der Waals surface area contributed by atoms with Gasteiger partial charge in [0.15, 0.2) is 0 Å². The van der Waals surface area contributed by atoms with Crippen LogP contribution >= 0.6 is 0 Å².